The molecule has 0 radical (unpaired) electrons. The number of aromatic nitrogens is 2. The van der Waals surface area contributed by atoms with E-state index in [1.807, 2.05) is 6.92 Å². The molecule has 0 aliphatic carbocycles. The van der Waals surface area contributed by atoms with Crippen LogP contribution in [0.15, 0.2) is 6.33 Å². The van der Waals surface area contributed by atoms with Crippen molar-refractivity contribution in [2.45, 2.75) is 32.3 Å². The number of rotatable bonds is 8. The van der Waals surface area contributed by atoms with Gasteiger partial charge < -0.3 is 15.4 Å². The third-order valence-corrected chi connectivity index (χ3v) is 6.16. The summed E-state index contributed by atoms with van der Waals surface area (Å²) < 4.78 is 5.66. The molecule has 0 saturated carbocycles. The molecule has 3 rings (SSSR count). The number of anilines is 1. The van der Waals surface area contributed by atoms with Crippen molar-refractivity contribution in [3.05, 3.63) is 16.8 Å². The van der Waals surface area contributed by atoms with Gasteiger partial charge in [0.05, 0.1) is 16.4 Å². The van der Waals surface area contributed by atoms with E-state index in [2.05, 4.69) is 26.9 Å². The fraction of sp³-hybridized carbons (Fsp3) is 0.588. The zero-order chi connectivity index (χ0) is 17.6. The standard InChI is InChI=1S/C17H24N4O2S2/c1-11-13-15(19-9-12-5-3-7-23-12)20-10-21-17(13)25-14(11)16(22)18-6-4-8-24-2/h10,12H,3-9H2,1-2H3,(H,18,22)(H,19,20,21). The van der Waals surface area contributed by atoms with Crippen LogP contribution in [-0.2, 0) is 4.74 Å². The summed E-state index contributed by atoms with van der Waals surface area (Å²) in [4.78, 5) is 22.8. The van der Waals surface area contributed by atoms with Gasteiger partial charge in [-0.05, 0) is 43.8 Å². The van der Waals surface area contributed by atoms with Crippen LogP contribution in [0.1, 0.15) is 34.5 Å². The zero-order valence-electron chi connectivity index (χ0n) is 14.6. The molecule has 8 heteroatoms. The lowest BCUT2D eigenvalue weighted by Crippen LogP contribution is -2.24. The summed E-state index contributed by atoms with van der Waals surface area (Å²) in [6, 6.07) is 0. The number of thioether (sulfide) groups is 1. The first-order valence-electron chi connectivity index (χ1n) is 8.57. The zero-order valence-corrected chi connectivity index (χ0v) is 16.3. The quantitative estimate of drug-likeness (QED) is 0.686. The fourth-order valence-corrected chi connectivity index (χ4v) is 4.43. The van der Waals surface area contributed by atoms with Crippen LogP contribution >= 0.6 is 23.1 Å². The monoisotopic (exact) mass is 380 g/mol. The van der Waals surface area contributed by atoms with Crippen LogP contribution in [0, 0.1) is 6.92 Å². The van der Waals surface area contributed by atoms with Gasteiger partial charge in [-0.25, -0.2) is 9.97 Å². The Kier molecular flexibility index (Phi) is 6.50. The van der Waals surface area contributed by atoms with Crippen molar-refractivity contribution in [3.8, 4) is 0 Å². The molecule has 0 bridgehead atoms. The SMILES string of the molecule is CSCCCNC(=O)c1sc2ncnc(NCC3CCCO3)c2c1C. The molecule has 2 aromatic rings. The number of fused-ring (bicyclic) bond motifs is 1. The van der Waals surface area contributed by atoms with E-state index in [0.717, 1.165) is 64.6 Å². The Morgan fingerprint density at radius 3 is 3.12 bits per heavy atom. The maximum Gasteiger partial charge on any atom is 0.261 e. The summed E-state index contributed by atoms with van der Waals surface area (Å²) in [5.74, 6) is 1.82. The Balaban J connectivity index is 1.74. The van der Waals surface area contributed by atoms with Crippen LogP contribution < -0.4 is 10.6 Å². The first-order valence-corrected chi connectivity index (χ1v) is 10.8. The molecule has 6 nitrogen and oxygen atoms in total. The molecule has 0 spiro atoms. The van der Waals surface area contributed by atoms with Crippen molar-refractivity contribution in [2.24, 2.45) is 0 Å². The van der Waals surface area contributed by atoms with E-state index in [1.165, 1.54) is 11.3 Å². The van der Waals surface area contributed by atoms with Crippen molar-refractivity contribution in [3.63, 3.8) is 0 Å². The number of thiophene rings is 1. The number of ether oxygens (including phenoxy) is 1. The molecular formula is C17H24N4O2S2. The van der Waals surface area contributed by atoms with Crippen molar-refractivity contribution in [2.75, 3.05) is 37.0 Å². The second-order valence-electron chi connectivity index (χ2n) is 6.08. The summed E-state index contributed by atoms with van der Waals surface area (Å²) in [7, 11) is 0. The number of hydrogen-bond acceptors (Lipinski definition) is 7. The molecule has 3 heterocycles. The van der Waals surface area contributed by atoms with Crippen LogP contribution in [0.5, 0.6) is 0 Å². The van der Waals surface area contributed by atoms with E-state index in [9.17, 15) is 4.79 Å². The van der Waals surface area contributed by atoms with Crippen LogP contribution in [0.4, 0.5) is 5.82 Å². The summed E-state index contributed by atoms with van der Waals surface area (Å²) in [6.45, 7) is 4.24. The van der Waals surface area contributed by atoms with E-state index < -0.39 is 0 Å². The summed E-state index contributed by atoms with van der Waals surface area (Å²) in [5, 5.41) is 7.32. The average Bonchev–Trinajstić information content (AvgIpc) is 3.25. The van der Waals surface area contributed by atoms with E-state index in [1.54, 1.807) is 18.1 Å². The van der Waals surface area contributed by atoms with Gasteiger partial charge in [0.25, 0.3) is 5.91 Å². The summed E-state index contributed by atoms with van der Waals surface area (Å²) in [6.07, 6.45) is 7.03. The number of aryl methyl sites for hydroxylation is 1. The number of amides is 1. The molecule has 1 saturated heterocycles. The molecular weight excluding hydrogens is 356 g/mol. The van der Waals surface area contributed by atoms with E-state index in [4.69, 9.17) is 4.74 Å². The van der Waals surface area contributed by atoms with Crippen LogP contribution in [0.2, 0.25) is 0 Å². The van der Waals surface area contributed by atoms with Gasteiger partial charge >= 0.3 is 0 Å². The predicted molar refractivity (Wildman–Crippen MR) is 105 cm³/mol. The summed E-state index contributed by atoms with van der Waals surface area (Å²) >= 11 is 3.22. The number of carbonyl (C=O) groups excluding carboxylic acids is 1. The number of nitrogens with one attached hydrogen (secondary N) is 2. The number of carbonyl (C=O) groups is 1. The Morgan fingerprint density at radius 2 is 2.36 bits per heavy atom. The van der Waals surface area contributed by atoms with Crippen LogP contribution in [0.3, 0.4) is 0 Å². The molecule has 2 aromatic heterocycles. The maximum absolute atomic E-state index is 12.5. The van der Waals surface area contributed by atoms with Gasteiger partial charge in [-0.3, -0.25) is 4.79 Å². The lowest BCUT2D eigenvalue weighted by molar-refractivity contribution is 0.0957. The van der Waals surface area contributed by atoms with Gasteiger partial charge in [0.1, 0.15) is 17.0 Å². The van der Waals surface area contributed by atoms with Gasteiger partial charge in [0.15, 0.2) is 0 Å². The first kappa shape index (κ1) is 18.4. The Morgan fingerprint density at radius 1 is 1.48 bits per heavy atom. The average molecular weight is 381 g/mol. The predicted octanol–water partition coefficient (Wildman–Crippen LogP) is 3.07. The highest BCUT2D eigenvalue weighted by Crippen LogP contribution is 2.33. The maximum atomic E-state index is 12.5. The second kappa shape index (κ2) is 8.82. The van der Waals surface area contributed by atoms with Crippen molar-refractivity contribution in [1.82, 2.24) is 15.3 Å². The molecule has 1 aliphatic rings. The van der Waals surface area contributed by atoms with Crippen LogP contribution in [-0.4, -0.2) is 53.7 Å². The lowest BCUT2D eigenvalue weighted by Gasteiger charge is -2.12. The molecule has 2 N–H and O–H groups in total. The Bertz CT molecular complexity index is 729. The minimum Gasteiger partial charge on any atom is -0.376 e. The molecule has 1 fully saturated rings. The van der Waals surface area contributed by atoms with E-state index in [0.29, 0.717) is 6.54 Å². The van der Waals surface area contributed by atoms with Gasteiger partial charge in [-0.1, -0.05) is 0 Å². The molecule has 1 amide bonds. The van der Waals surface area contributed by atoms with Gasteiger partial charge in [-0.15, -0.1) is 11.3 Å². The van der Waals surface area contributed by atoms with Crippen LogP contribution in [0.25, 0.3) is 10.2 Å². The normalized spacial score (nSPS) is 17.1. The van der Waals surface area contributed by atoms with Gasteiger partial charge in [0, 0.05) is 19.7 Å². The molecule has 1 aliphatic heterocycles. The smallest absolute Gasteiger partial charge is 0.261 e. The highest BCUT2D eigenvalue weighted by molar-refractivity contribution is 7.98. The van der Waals surface area contributed by atoms with E-state index in [-0.39, 0.29) is 12.0 Å². The molecule has 25 heavy (non-hydrogen) atoms. The van der Waals surface area contributed by atoms with Crippen molar-refractivity contribution in [1.29, 1.82) is 0 Å². The van der Waals surface area contributed by atoms with Crippen molar-refractivity contribution >= 4 is 45.0 Å². The Labute approximate surface area is 156 Å². The lowest BCUT2D eigenvalue weighted by atomic mass is 10.2. The molecule has 136 valence electrons. The Hall–Kier alpha value is -1.38. The fourth-order valence-electron chi connectivity index (χ4n) is 2.94. The third kappa shape index (κ3) is 4.43. The number of hydrogen-bond donors (Lipinski definition) is 2. The van der Waals surface area contributed by atoms with E-state index >= 15 is 0 Å². The third-order valence-electron chi connectivity index (χ3n) is 4.27. The molecule has 1 unspecified atom stereocenters. The second-order valence-corrected chi connectivity index (χ2v) is 8.06. The molecule has 0 aromatic carbocycles. The number of nitrogens with zero attached hydrogens (tertiary/aromatic N) is 2. The largest absolute Gasteiger partial charge is 0.376 e. The summed E-state index contributed by atoms with van der Waals surface area (Å²) in [5.41, 5.74) is 0.942. The van der Waals surface area contributed by atoms with Crippen molar-refractivity contribution < 1.29 is 9.53 Å². The van der Waals surface area contributed by atoms with Gasteiger partial charge in [0.2, 0.25) is 0 Å². The van der Waals surface area contributed by atoms with Gasteiger partial charge in [-0.2, -0.15) is 11.8 Å². The minimum atomic E-state index is -0.0216. The highest BCUT2D eigenvalue weighted by Gasteiger charge is 2.20. The molecule has 1 atom stereocenters. The highest BCUT2D eigenvalue weighted by atomic mass is 32.2. The first-order chi connectivity index (χ1) is 12.2. The topological polar surface area (TPSA) is 76.1 Å². The minimum absolute atomic E-state index is 0.0216.